The van der Waals surface area contributed by atoms with Gasteiger partial charge in [-0.2, -0.15) is 0 Å². The fourth-order valence-corrected chi connectivity index (χ4v) is 3.39. The average Bonchev–Trinajstić information content (AvgIpc) is 2.43. The summed E-state index contributed by atoms with van der Waals surface area (Å²) in [6.07, 6.45) is -0.160. The van der Waals surface area contributed by atoms with Crippen molar-refractivity contribution in [2.75, 3.05) is 20.2 Å². The van der Waals surface area contributed by atoms with Gasteiger partial charge in [-0.1, -0.05) is 13.0 Å². The van der Waals surface area contributed by atoms with Crippen LogP contribution >= 0.6 is 0 Å². The largest absolute Gasteiger partial charge is 0.380 e. The lowest BCUT2D eigenvalue weighted by molar-refractivity contribution is 0.122. The van der Waals surface area contributed by atoms with Gasteiger partial charge in [-0.3, -0.25) is 0 Å². The monoisotopic (exact) mass is 314 g/mol. The maximum atomic E-state index is 12.4. The molecule has 1 rings (SSSR count). The van der Waals surface area contributed by atoms with Crippen LogP contribution in [0.3, 0.4) is 0 Å². The molecule has 2 N–H and O–H groups in total. The lowest BCUT2D eigenvalue weighted by Crippen LogP contribution is -2.32. The fraction of sp³-hybridized carbons (Fsp3) is 0.600. The molecule has 6 heteroatoms. The molecule has 21 heavy (non-hydrogen) atoms. The van der Waals surface area contributed by atoms with Crippen LogP contribution in [-0.4, -0.2) is 34.7 Å². The molecule has 0 aliphatic carbocycles. The first kappa shape index (κ1) is 18.1. The number of hydrogen-bond acceptors (Lipinski definition) is 4. The van der Waals surface area contributed by atoms with Crippen LogP contribution in [0.1, 0.15) is 30.5 Å². The van der Waals surface area contributed by atoms with Crippen LogP contribution in [0.25, 0.3) is 0 Å². The number of nitrogens with one attached hydrogen (secondary N) is 2. The highest BCUT2D eigenvalue weighted by molar-refractivity contribution is 7.89. The van der Waals surface area contributed by atoms with Gasteiger partial charge in [0.1, 0.15) is 0 Å². The van der Waals surface area contributed by atoms with Gasteiger partial charge in [-0.25, -0.2) is 13.1 Å². The number of methoxy groups -OCH3 is 1. The fourth-order valence-electron chi connectivity index (χ4n) is 2.00. The molecule has 0 radical (unpaired) electrons. The molecule has 0 saturated carbocycles. The van der Waals surface area contributed by atoms with Crippen molar-refractivity contribution in [1.29, 1.82) is 0 Å². The molecule has 0 spiro atoms. The summed E-state index contributed by atoms with van der Waals surface area (Å²) in [6.45, 7) is 9.43. The second-order valence-corrected chi connectivity index (χ2v) is 6.96. The predicted molar refractivity (Wildman–Crippen MR) is 85.0 cm³/mol. The summed E-state index contributed by atoms with van der Waals surface area (Å²) in [5.74, 6) is 0. The lowest BCUT2D eigenvalue weighted by atomic mass is 10.1. The van der Waals surface area contributed by atoms with E-state index in [-0.39, 0.29) is 12.6 Å². The van der Waals surface area contributed by atoms with Gasteiger partial charge in [-0.15, -0.1) is 0 Å². The van der Waals surface area contributed by atoms with Gasteiger partial charge in [0.15, 0.2) is 0 Å². The molecule has 5 nitrogen and oxygen atoms in total. The Morgan fingerprint density at radius 3 is 2.48 bits per heavy atom. The first-order valence-corrected chi connectivity index (χ1v) is 8.63. The van der Waals surface area contributed by atoms with Crippen LogP contribution in [0.4, 0.5) is 0 Å². The van der Waals surface area contributed by atoms with E-state index in [1.165, 1.54) is 0 Å². The average molecular weight is 314 g/mol. The van der Waals surface area contributed by atoms with E-state index < -0.39 is 10.0 Å². The van der Waals surface area contributed by atoms with Crippen LogP contribution < -0.4 is 10.0 Å². The molecule has 1 aromatic carbocycles. The van der Waals surface area contributed by atoms with Gasteiger partial charge in [0.2, 0.25) is 10.0 Å². The molecule has 0 fully saturated rings. The van der Waals surface area contributed by atoms with Crippen molar-refractivity contribution in [1.82, 2.24) is 10.0 Å². The number of rotatable bonds is 8. The van der Waals surface area contributed by atoms with E-state index >= 15 is 0 Å². The SMILES string of the molecule is CCNCc1cc(S(=O)(=O)NCC(C)OC)c(C)cc1C. The number of hydrogen-bond donors (Lipinski definition) is 2. The minimum atomic E-state index is -3.52. The van der Waals surface area contributed by atoms with Crippen LogP contribution in [0.5, 0.6) is 0 Å². The highest BCUT2D eigenvalue weighted by Crippen LogP contribution is 2.20. The summed E-state index contributed by atoms with van der Waals surface area (Å²) in [7, 11) is -1.96. The van der Waals surface area contributed by atoms with E-state index in [4.69, 9.17) is 4.74 Å². The van der Waals surface area contributed by atoms with Gasteiger partial charge in [0.05, 0.1) is 11.0 Å². The number of sulfonamides is 1. The van der Waals surface area contributed by atoms with Crippen molar-refractivity contribution in [2.24, 2.45) is 0 Å². The molecule has 120 valence electrons. The van der Waals surface area contributed by atoms with Gasteiger partial charge in [-0.05, 0) is 50.1 Å². The highest BCUT2D eigenvalue weighted by Gasteiger charge is 2.19. The van der Waals surface area contributed by atoms with Crippen LogP contribution in [-0.2, 0) is 21.3 Å². The molecule has 0 aliphatic rings. The van der Waals surface area contributed by atoms with Gasteiger partial charge in [0, 0.05) is 20.2 Å². The molecule has 1 atom stereocenters. The first-order valence-electron chi connectivity index (χ1n) is 7.15. The Hall–Kier alpha value is -0.950. The maximum Gasteiger partial charge on any atom is 0.240 e. The molecular formula is C15H26N2O3S. The number of aryl methyl sites for hydroxylation is 2. The highest BCUT2D eigenvalue weighted by atomic mass is 32.2. The second kappa shape index (κ2) is 7.89. The van der Waals surface area contributed by atoms with Gasteiger partial charge < -0.3 is 10.1 Å². The van der Waals surface area contributed by atoms with E-state index in [1.54, 1.807) is 13.2 Å². The van der Waals surface area contributed by atoms with Crippen molar-refractivity contribution in [3.05, 3.63) is 28.8 Å². The molecule has 0 heterocycles. The topological polar surface area (TPSA) is 67.4 Å². The Balaban J connectivity index is 3.04. The first-order chi connectivity index (χ1) is 9.81. The summed E-state index contributed by atoms with van der Waals surface area (Å²) < 4.78 is 32.5. The summed E-state index contributed by atoms with van der Waals surface area (Å²) in [5, 5.41) is 3.23. The molecule has 0 aromatic heterocycles. The third-order valence-electron chi connectivity index (χ3n) is 3.45. The normalized spacial score (nSPS) is 13.4. The Morgan fingerprint density at radius 2 is 1.90 bits per heavy atom. The zero-order valence-electron chi connectivity index (χ0n) is 13.5. The molecule has 1 aromatic rings. The number of benzene rings is 1. The summed E-state index contributed by atoms with van der Waals surface area (Å²) >= 11 is 0. The number of ether oxygens (including phenoxy) is 1. The Bertz CT molecular complexity index is 571. The Labute approximate surface area is 128 Å². The summed E-state index contributed by atoms with van der Waals surface area (Å²) in [6, 6.07) is 3.67. The molecule has 0 bridgehead atoms. The third-order valence-corrected chi connectivity index (χ3v) is 5.02. The minimum Gasteiger partial charge on any atom is -0.380 e. The van der Waals surface area contributed by atoms with E-state index in [9.17, 15) is 8.42 Å². The lowest BCUT2D eigenvalue weighted by Gasteiger charge is -2.15. The predicted octanol–water partition coefficient (Wildman–Crippen LogP) is 1.73. The van der Waals surface area contributed by atoms with Crippen molar-refractivity contribution in [2.45, 2.75) is 45.2 Å². The third kappa shape index (κ3) is 5.07. The second-order valence-electron chi connectivity index (χ2n) is 5.22. The van der Waals surface area contributed by atoms with E-state index in [0.717, 1.165) is 23.2 Å². The van der Waals surface area contributed by atoms with Crippen LogP contribution in [0.15, 0.2) is 17.0 Å². The van der Waals surface area contributed by atoms with Crippen molar-refractivity contribution in [3.63, 3.8) is 0 Å². The van der Waals surface area contributed by atoms with Gasteiger partial charge in [0.25, 0.3) is 0 Å². The quantitative estimate of drug-likeness (QED) is 0.767. The van der Waals surface area contributed by atoms with Crippen molar-refractivity contribution >= 4 is 10.0 Å². The molecule has 0 amide bonds. The zero-order valence-corrected chi connectivity index (χ0v) is 14.3. The van der Waals surface area contributed by atoms with Crippen molar-refractivity contribution in [3.8, 4) is 0 Å². The van der Waals surface area contributed by atoms with E-state index in [2.05, 4.69) is 10.0 Å². The van der Waals surface area contributed by atoms with E-state index in [1.807, 2.05) is 33.8 Å². The minimum absolute atomic E-state index is 0.160. The molecule has 0 aliphatic heterocycles. The van der Waals surface area contributed by atoms with Crippen molar-refractivity contribution < 1.29 is 13.2 Å². The standard InChI is InChI=1S/C15H26N2O3S/c1-6-16-10-14-8-15(12(3)7-11(14)2)21(18,19)17-9-13(4)20-5/h7-8,13,16-17H,6,9-10H2,1-5H3. The summed E-state index contributed by atoms with van der Waals surface area (Å²) in [4.78, 5) is 0.337. The summed E-state index contributed by atoms with van der Waals surface area (Å²) in [5.41, 5.74) is 2.85. The zero-order chi connectivity index (χ0) is 16.0. The molecule has 0 saturated heterocycles. The Morgan fingerprint density at radius 1 is 1.24 bits per heavy atom. The molecule has 1 unspecified atom stereocenters. The molecular weight excluding hydrogens is 288 g/mol. The van der Waals surface area contributed by atoms with Gasteiger partial charge >= 0.3 is 0 Å². The van der Waals surface area contributed by atoms with E-state index in [0.29, 0.717) is 11.4 Å². The van der Waals surface area contributed by atoms with Crippen LogP contribution in [0, 0.1) is 13.8 Å². The van der Waals surface area contributed by atoms with Crippen LogP contribution in [0.2, 0.25) is 0 Å². The maximum absolute atomic E-state index is 12.4. The Kier molecular flexibility index (Phi) is 6.80. The smallest absolute Gasteiger partial charge is 0.240 e.